The molecule has 0 radical (unpaired) electrons. The Balaban J connectivity index is 1.47. The molecule has 2 aliphatic heterocycles. The molecule has 2 heterocycles. The molecule has 0 bridgehead atoms. The van der Waals surface area contributed by atoms with Crippen molar-refractivity contribution in [3.05, 3.63) is 88.1 Å². The van der Waals surface area contributed by atoms with Crippen LogP contribution in [0.3, 0.4) is 0 Å². The van der Waals surface area contributed by atoms with E-state index in [1.165, 1.54) is 36.4 Å². The highest BCUT2D eigenvalue weighted by Crippen LogP contribution is 2.44. The summed E-state index contributed by atoms with van der Waals surface area (Å²) in [5, 5.41) is 71.9. The van der Waals surface area contributed by atoms with Gasteiger partial charge in [0.25, 0.3) is 0 Å². The molecular formula is C30H26O12. The van der Waals surface area contributed by atoms with E-state index < -0.39 is 65.8 Å². The highest BCUT2D eigenvalue weighted by molar-refractivity contribution is 5.87. The largest absolute Gasteiger partial charge is 0.508 e. The summed E-state index contributed by atoms with van der Waals surface area (Å²) >= 11 is 0. The van der Waals surface area contributed by atoms with Crippen molar-refractivity contribution in [1.82, 2.24) is 0 Å². The molecule has 2 aromatic carbocycles. The van der Waals surface area contributed by atoms with Crippen molar-refractivity contribution in [3.8, 4) is 45.6 Å². The lowest BCUT2D eigenvalue weighted by Crippen LogP contribution is -2.55. The second-order valence-electron chi connectivity index (χ2n) is 9.71. The minimum atomic E-state index is -1.77. The van der Waals surface area contributed by atoms with E-state index in [4.69, 9.17) is 13.9 Å². The molecule has 0 saturated carbocycles. The molecule has 3 aliphatic rings. The molecule has 218 valence electrons. The smallest absolute Gasteiger partial charge is 0.330 e. The average Bonchev–Trinajstić information content (AvgIpc) is 2.96. The Bertz CT molecular complexity index is 1660. The first-order valence-corrected chi connectivity index (χ1v) is 12.7. The van der Waals surface area contributed by atoms with E-state index in [9.17, 15) is 45.3 Å². The first-order valence-electron chi connectivity index (χ1n) is 12.7. The van der Waals surface area contributed by atoms with Crippen molar-refractivity contribution in [2.75, 3.05) is 6.61 Å². The molecule has 1 saturated heterocycles. The first-order chi connectivity index (χ1) is 20.0. The van der Waals surface area contributed by atoms with Gasteiger partial charge >= 0.3 is 5.97 Å². The molecule has 1 aliphatic carbocycles. The normalized spacial score (nSPS) is 22.4. The number of hydrogen-bond acceptors (Lipinski definition) is 12. The van der Waals surface area contributed by atoms with Crippen LogP contribution in [0.1, 0.15) is 17.2 Å². The second kappa shape index (κ2) is 11.5. The van der Waals surface area contributed by atoms with E-state index in [2.05, 4.69) is 0 Å². The average molecular weight is 579 g/mol. The zero-order chi connectivity index (χ0) is 30.1. The Hall–Kier alpha value is -4.88. The summed E-state index contributed by atoms with van der Waals surface area (Å²) in [7, 11) is 0. The maximum absolute atomic E-state index is 12.3. The summed E-state index contributed by atoms with van der Waals surface area (Å²) in [6.07, 6.45) is -5.36. The summed E-state index contributed by atoms with van der Waals surface area (Å²) in [5.74, 6) is -2.18. The summed E-state index contributed by atoms with van der Waals surface area (Å²) in [6, 6.07) is 13.2. The van der Waals surface area contributed by atoms with E-state index in [0.717, 1.165) is 24.3 Å². The molecule has 12 heteroatoms. The number of rotatable bonds is 6. The lowest BCUT2D eigenvalue weighted by molar-refractivity contribution is -0.234. The Kier molecular flexibility index (Phi) is 7.87. The molecule has 5 atom stereocenters. The number of phenols is 4. The third-order valence-electron chi connectivity index (χ3n) is 6.82. The number of carbonyl (C=O) groups is 1. The quantitative estimate of drug-likeness (QED) is 0.0996. The number of aromatic hydroxyl groups is 4. The number of fused-ring (bicyclic) bond motifs is 1. The Labute approximate surface area is 237 Å². The van der Waals surface area contributed by atoms with E-state index in [1.54, 1.807) is 12.1 Å². The van der Waals surface area contributed by atoms with Crippen LogP contribution in [0.4, 0.5) is 0 Å². The summed E-state index contributed by atoms with van der Waals surface area (Å²) in [4.78, 5) is 24.3. The van der Waals surface area contributed by atoms with Gasteiger partial charge < -0.3 is 49.6 Å². The monoisotopic (exact) mass is 578 g/mol. The topological polar surface area (TPSA) is 207 Å². The number of aliphatic hydroxyl groups excluding tert-OH is 3. The molecule has 42 heavy (non-hydrogen) atoms. The lowest BCUT2D eigenvalue weighted by atomic mass is 9.88. The van der Waals surface area contributed by atoms with Gasteiger partial charge in [0.1, 0.15) is 60.1 Å². The van der Waals surface area contributed by atoms with Crippen LogP contribution in [0.15, 0.2) is 76.0 Å². The van der Waals surface area contributed by atoms with Crippen LogP contribution in [0.2, 0.25) is 0 Å². The summed E-state index contributed by atoms with van der Waals surface area (Å²) in [5.41, 5.74) is 0.345. The predicted molar refractivity (Wildman–Crippen MR) is 146 cm³/mol. The second-order valence-corrected chi connectivity index (χ2v) is 9.71. The first kappa shape index (κ1) is 28.6. The maximum Gasteiger partial charge on any atom is 0.330 e. The number of benzene rings is 3. The zero-order valence-corrected chi connectivity index (χ0v) is 21.7. The maximum atomic E-state index is 12.3. The van der Waals surface area contributed by atoms with Gasteiger partial charge in [-0.1, -0.05) is 12.1 Å². The van der Waals surface area contributed by atoms with E-state index in [0.29, 0.717) is 5.56 Å². The van der Waals surface area contributed by atoms with Crippen molar-refractivity contribution < 1.29 is 54.4 Å². The van der Waals surface area contributed by atoms with Gasteiger partial charge in [-0.25, -0.2) is 4.79 Å². The van der Waals surface area contributed by atoms with Gasteiger partial charge in [0.15, 0.2) is 16.9 Å². The molecule has 12 nitrogen and oxygen atoms in total. The molecule has 0 aromatic heterocycles. The van der Waals surface area contributed by atoms with Crippen LogP contribution in [0.25, 0.3) is 28.7 Å². The number of aliphatic hydroxyl groups is 3. The van der Waals surface area contributed by atoms with Gasteiger partial charge in [-0.2, -0.15) is 0 Å². The number of carbonyl (C=O) groups excluding carboxylic acids is 1. The Morgan fingerprint density at radius 1 is 0.833 bits per heavy atom. The van der Waals surface area contributed by atoms with Gasteiger partial charge in [-0.15, -0.1) is 0 Å². The summed E-state index contributed by atoms with van der Waals surface area (Å²) in [6.45, 7) is -0.523. The number of esters is 1. The number of ether oxygens (including phenoxy) is 2. The fraction of sp³-hybridized carbons (Fsp3) is 0.200. The fourth-order valence-electron chi connectivity index (χ4n) is 4.62. The molecular weight excluding hydrogens is 552 g/mol. The van der Waals surface area contributed by atoms with E-state index in [1.807, 2.05) is 0 Å². The molecule has 0 spiro atoms. The van der Waals surface area contributed by atoms with Gasteiger partial charge in [0.05, 0.1) is 5.56 Å². The molecule has 0 unspecified atom stereocenters. The van der Waals surface area contributed by atoms with Crippen molar-refractivity contribution in [2.45, 2.75) is 30.5 Å². The van der Waals surface area contributed by atoms with E-state index >= 15 is 0 Å². The fourth-order valence-corrected chi connectivity index (χ4v) is 4.62. The molecule has 1 fully saturated rings. The van der Waals surface area contributed by atoms with Crippen LogP contribution in [-0.2, 0) is 14.3 Å². The molecule has 2 aromatic rings. The van der Waals surface area contributed by atoms with Crippen molar-refractivity contribution in [1.29, 1.82) is 0 Å². The Morgan fingerprint density at radius 2 is 1.57 bits per heavy atom. The van der Waals surface area contributed by atoms with Crippen molar-refractivity contribution in [3.63, 3.8) is 0 Å². The highest BCUT2D eigenvalue weighted by atomic mass is 16.6. The van der Waals surface area contributed by atoms with Crippen LogP contribution in [0, 0.1) is 0 Å². The minimum absolute atomic E-state index is 0.0388. The van der Waals surface area contributed by atoms with Crippen LogP contribution in [-0.4, -0.2) is 72.7 Å². The van der Waals surface area contributed by atoms with Crippen molar-refractivity contribution in [2.24, 2.45) is 0 Å². The van der Waals surface area contributed by atoms with Gasteiger partial charge in [-0.05, 0) is 48.0 Å². The zero-order valence-electron chi connectivity index (χ0n) is 21.7. The molecule has 5 rings (SSSR count). The summed E-state index contributed by atoms with van der Waals surface area (Å²) < 4.78 is 17.0. The van der Waals surface area contributed by atoms with Crippen LogP contribution >= 0.6 is 0 Å². The molecule has 7 N–H and O–H groups in total. The van der Waals surface area contributed by atoms with Gasteiger partial charge in [-0.3, -0.25) is 4.79 Å². The lowest BCUT2D eigenvalue weighted by Gasteiger charge is -2.41. The predicted octanol–water partition coefficient (Wildman–Crippen LogP) is 2.01. The third kappa shape index (κ3) is 5.78. The minimum Gasteiger partial charge on any atom is -0.508 e. The standard InChI is InChI=1S/C30H26O12/c31-16-5-1-14(2-6-16)3-8-25(36)40-13-24-26(37)27(38)28(39)30(42-24)19-12-18-21(34)10-17(32)11-23(18)41-29(19)15-4-7-20(33)22(35)9-15/h1-12,24,26-28,30-31,33-35,37-39H,13H2/t24-,26+,27+,28-,30+/m1/s1. The third-order valence-corrected chi connectivity index (χ3v) is 6.82. The number of phenolic OH excluding ortho intramolecular Hbond substituents is 4. The SMILES string of the molecule is O=C(C=Cc1ccc(O)cc1)OC[C@H]1O[C@@H](c2cc3c(O)cc(=O)cc-3oc2-c2ccc(O)c(O)c2)[C@H](O)[C@@H](O)[C@H]1O. The van der Waals surface area contributed by atoms with Gasteiger partial charge in [0.2, 0.25) is 0 Å². The van der Waals surface area contributed by atoms with Crippen LogP contribution in [0.5, 0.6) is 23.0 Å². The molecule has 0 amide bonds. The van der Waals surface area contributed by atoms with E-state index in [-0.39, 0.29) is 34.0 Å². The van der Waals surface area contributed by atoms with Crippen molar-refractivity contribution >= 4 is 12.0 Å². The number of hydrogen-bond donors (Lipinski definition) is 7. The highest BCUT2D eigenvalue weighted by Gasteiger charge is 2.46. The van der Waals surface area contributed by atoms with Gasteiger partial charge in [0, 0.05) is 29.3 Å². The Morgan fingerprint density at radius 3 is 2.29 bits per heavy atom. The van der Waals surface area contributed by atoms with Crippen LogP contribution < -0.4 is 5.43 Å².